The van der Waals surface area contributed by atoms with E-state index >= 15 is 0 Å². The second-order valence-corrected chi connectivity index (χ2v) is 4.52. The monoisotopic (exact) mass is 293 g/mol. The molecule has 0 saturated carbocycles. The Morgan fingerprint density at radius 2 is 1.67 bits per heavy atom. The lowest BCUT2D eigenvalue weighted by atomic mass is 10.1. The molecule has 1 unspecified atom stereocenters. The number of para-hydroxylation sites is 1. The third-order valence-corrected chi connectivity index (χ3v) is 2.96. The van der Waals surface area contributed by atoms with E-state index < -0.39 is 17.7 Å². The van der Waals surface area contributed by atoms with Crippen molar-refractivity contribution in [3.8, 4) is 5.75 Å². The Morgan fingerprint density at radius 1 is 1.00 bits per heavy atom. The molecule has 0 saturated heterocycles. The van der Waals surface area contributed by atoms with Gasteiger partial charge in [-0.2, -0.15) is 0 Å². The van der Waals surface area contributed by atoms with Crippen LogP contribution in [0, 0.1) is 11.6 Å². The molecule has 3 nitrogen and oxygen atoms in total. The van der Waals surface area contributed by atoms with Crippen LogP contribution in [0.25, 0.3) is 0 Å². The molecule has 2 aromatic rings. The smallest absolute Gasteiger partial charge is 0.131 e. The van der Waals surface area contributed by atoms with E-state index in [4.69, 9.17) is 4.74 Å². The van der Waals surface area contributed by atoms with Gasteiger partial charge < -0.3 is 15.2 Å². The SMILES string of the molecule is OC(CNCCOc1ccccc1)c1c(F)cccc1F. The van der Waals surface area contributed by atoms with Gasteiger partial charge in [0.1, 0.15) is 24.0 Å². The number of hydrogen-bond acceptors (Lipinski definition) is 3. The Morgan fingerprint density at radius 3 is 2.33 bits per heavy atom. The number of aliphatic hydroxyl groups is 1. The number of benzene rings is 2. The molecule has 0 bridgehead atoms. The molecule has 0 aliphatic heterocycles. The first-order chi connectivity index (χ1) is 10.2. The van der Waals surface area contributed by atoms with Gasteiger partial charge >= 0.3 is 0 Å². The fourth-order valence-electron chi connectivity index (χ4n) is 1.93. The fraction of sp³-hybridized carbons (Fsp3) is 0.250. The van der Waals surface area contributed by atoms with Gasteiger partial charge in [-0.3, -0.25) is 0 Å². The van der Waals surface area contributed by atoms with E-state index in [1.54, 1.807) is 0 Å². The zero-order valence-electron chi connectivity index (χ0n) is 11.4. The normalized spacial score (nSPS) is 12.1. The van der Waals surface area contributed by atoms with Gasteiger partial charge in [0.25, 0.3) is 0 Å². The summed E-state index contributed by atoms with van der Waals surface area (Å²) in [6, 6.07) is 12.8. The van der Waals surface area contributed by atoms with Crippen LogP contribution in [0.5, 0.6) is 5.75 Å². The Kier molecular flexibility index (Phi) is 5.66. The summed E-state index contributed by atoms with van der Waals surface area (Å²) in [4.78, 5) is 0. The maximum absolute atomic E-state index is 13.4. The summed E-state index contributed by atoms with van der Waals surface area (Å²) in [7, 11) is 0. The molecular formula is C16H17F2NO2. The minimum absolute atomic E-state index is 0.0516. The van der Waals surface area contributed by atoms with Crippen molar-refractivity contribution in [2.45, 2.75) is 6.10 Å². The Balaban J connectivity index is 1.73. The standard InChI is InChI=1S/C16H17F2NO2/c17-13-7-4-8-14(18)16(13)15(20)11-19-9-10-21-12-5-2-1-3-6-12/h1-8,15,19-20H,9-11H2. The highest BCUT2D eigenvalue weighted by Crippen LogP contribution is 2.19. The van der Waals surface area contributed by atoms with Crippen LogP contribution in [-0.4, -0.2) is 24.8 Å². The van der Waals surface area contributed by atoms with E-state index in [0.29, 0.717) is 13.2 Å². The Labute approximate surface area is 122 Å². The summed E-state index contributed by atoms with van der Waals surface area (Å²) < 4.78 is 32.3. The molecule has 0 amide bonds. The third-order valence-electron chi connectivity index (χ3n) is 2.96. The quantitative estimate of drug-likeness (QED) is 0.771. The summed E-state index contributed by atoms with van der Waals surface area (Å²) in [5, 5.41) is 12.7. The molecular weight excluding hydrogens is 276 g/mol. The number of halogens is 2. The lowest BCUT2D eigenvalue weighted by molar-refractivity contribution is 0.162. The predicted molar refractivity (Wildman–Crippen MR) is 76.1 cm³/mol. The number of aliphatic hydroxyl groups excluding tert-OH is 1. The maximum atomic E-state index is 13.4. The number of nitrogens with one attached hydrogen (secondary N) is 1. The summed E-state index contributed by atoms with van der Waals surface area (Å²) in [6.07, 6.45) is -1.23. The number of rotatable bonds is 7. The van der Waals surface area contributed by atoms with Gasteiger partial charge in [-0.05, 0) is 24.3 Å². The van der Waals surface area contributed by atoms with Crippen molar-refractivity contribution in [3.63, 3.8) is 0 Å². The molecule has 21 heavy (non-hydrogen) atoms. The molecule has 0 fully saturated rings. The molecule has 0 spiro atoms. The first kappa shape index (κ1) is 15.4. The van der Waals surface area contributed by atoms with Crippen LogP contribution in [0.4, 0.5) is 8.78 Å². The molecule has 1 atom stereocenters. The Hall–Kier alpha value is -1.98. The minimum atomic E-state index is -1.23. The van der Waals surface area contributed by atoms with Gasteiger partial charge in [0, 0.05) is 13.1 Å². The van der Waals surface area contributed by atoms with Crippen LogP contribution in [0.1, 0.15) is 11.7 Å². The molecule has 2 rings (SSSR count). The summed E-state index contributed by atoms with van der Waals surface area (Å²) in [5.74, 6) is -0.741. The lowest BCUT2D eigenvalue weighted by Gasteiger charge is -2.14. The molecule has 0 aromatic heterocycles. The summed E-state index contributed by atoms with van der Waals surface area (Å²) in [6.45, 7) is 0.911. The van der Waals surface area contributed by atoms with Gasteiger partial charge in [0.2, 0.25) is 0 Å². The molecule has 0 heterocycles. The van der Waals surface area contributed by atoms with Gasteiger partial charge in [0.15, 0.2) is 0 Å². The van der Waals surface area contributed by atoms with E-state index in [1.807, 2.05) is 30.3 Å². The first-order valence-electron chi connectivity index (χ1n) is 6.69. The van der Waals surface area contributed by atoms with Crippen LogP contribution < -0.4 is 10.1 Å². The second kappa shape index (κ2) is 7.71. The molecule has 2 aromatic carbocycles. The highest BCUT2D eigenvalue weighted by molar-refractivity contribution is 5.22. The van der Waals surface area contributed by atoms with Crippen molar-refractivity contribution < 1.29 is 18.6 Å². The molecule has 112 valence electrons. The Bertz CT molecular complexity index is 543. The average molecular weight is 293 g/mol. The van der Waals surface area contributed by atoms with Crippen molar-refractivity contribution >= 4 is 0 Å². The van der Waals surface area contributed by atoms with Crippen LogP contribution in [0.2, 0.25) is 0 Å². The van der Waals surface area contributed by atoms with Crippen LogP contribution >= 0.6 is 0 Å². The number of hydrogen-bond donors (Lipinski definition) is 2. The highest BCUT2D eigenvalue weighted by Gasteiger charge is 2.16. The fourth-order valence-corrected chi connectivity index (χ4v) is 1.93. The second-order valence-electron chi connectivity index (χ2n) is 4.52. The lowest BCUT2D eigenvalue weighted by Crippen LogP contribution is -2.27. The summed E-state index contributed by atoms with van der Waals surface area (Å²) >= 11 is 0. The van der Waals surface area contributed by atoms with Crippen molar-refractivity contribution in [2.75, 3.05) is 19.7 Å². The average Bonchev–Trinajstić information content (AvgIpc) is 2.48. The molecule has 0 radical (unpaired) electrons. The van der Waals surface area contributed by atoms with E-state index in [2.05, 4.69) is 5.32 Å². The molecule has 5 heteroatoms. The van der Waals surface area contributed by atoms with Crippen LogP contribution in [0.3, 0.4) is 0 Å². The van der Waals surface area contributed by atoms with Crippen molar-refractivity contribution in [2.24, 2.45) is 0 Å². The summed E-state index contributed by atoms with van der Waals surface area (Å²) in [5.41, 5.74) is -0.311. The van der Waals surface area contributed by atoms with Gasteiger partial charge in [-0.25, -0.2) is 8.78 Å². The molecule has 2 N–H and O–H groups in total. The predicted octanol–water partition coefficient (Wildman–Crippen LogP) is 2.67. The van der Waals surface area contributed by atoms with E-state index in [-0.39, 0.29) is 12.1 Å². The van der Waals surface area contributed by atoms with Gasteiger partial charge in [-0.15, -0.1) is 0 Å². The highest BCUT2D eigenvalue weighted by atomic mass is 19.1. The third kappa shape index (κ3) is 4.51. The van der Waals surface area contributed by atoms with E-state index in [0.717, 1.165) is 17.9 Å². The topological polar surface area (TPSA) is 41.5 Å². The molecule has 0 aliphatic carbocycles. The van der Waals surface area contributed by atoms with Crippen LogP contribution in [-0.2, 0) is 0 Å². The number of ether oxygens (including phenoxy) is 1. The molecule has 0 aliphatic rings. The van der Waals surface area contributed by atoms with Crippen LogP contribution in [0.15, 0.2) is 48.5 Å². The van der Waals surface area contributed by atoms with E-state index in [1.165, 1.54) is 6.07 Å². The van der Waals surface area contributed by atoms with Crippen molar-refractivity contribution in [1.82, 2.24) is 5.32 Å². The van der Waals surface area contributed by atoms with Gasteiger partial charge in [-0.1, -0.05) is 24.3 Å². The minimum Gasteiger partial charge on any atom is -0.492 e. The van der Waals surface area contributed by atoms with E-state index in [9.17, 15) is 13.9 Å². The van der Waals surface area contributed by atoms with Crippen molar-refractivity contribution in [1.29, 1.82) is 0 Å². The zero-order chi connectivity index (χ0) is 15.1. The first-order valence-corrected chi connectivity index (χ1v) is 6.69. The maximum Gasteiger partial charge on any atom is 0.131 e. The zero-order valence-corrected chi connectivity index (χ0v) is 11.4. The van der Waals surface area contributed by atoms with Crippen molar-refractivity contribution in [3.05, 3.63) is 65.7 Å². The van der Waals surface area contributed by atoms with Gasteiger partial charge in [0.05, 0.1) is 11.7 Å². The largest absolute Gasteiger partial charge is 0.492 e.